The molecule has 0 aliphatic carbocycles. The van der Waals surface area contributed by atoms with E-state index in [9.17, 15) is 0 Å². The van der Waals surface area contributed by atoms with Crippen LogP contribution in [0.1, 0.15) is 0 Å². The number of pyridine rings is 1. The quantitative estimate of drug-likeness (QED) is 0.235. The van der Waals surface area contributed by atoms with Crippen LogP contribution in [-0.2, 0) is 0 Å². The molecule has 178 valence electrons. The van der Waals surface area contributed by atoms with Crippen LogP contribution in [0.3, 0.4) is 0 Å². The van der Waals surface area contributed by atoms with Gasteiger partial charge in [-0.05, 0) is 53.1 Å². The summed E-state index contributed by atoms with van der Waals surface area (Å²) < 4.78 is 5.09. The van der Waals surface area contributed by atoms with Gasteiger partial charge in [0.2, 0.25) is 0 Å². The summed E-state index contributed by atoms with van der Waals surface area (Å²) in [4.78, 5) is 4.35. The van der Waals surface area contributed by atoms with Gasteiger partial charge < -0.3 is 4.57 Å². The Labute approximate surface area is 224 Å². The van der Waals surface area contributed by atoms with Crippen molar-refractivity contribution in [2.24, 2.45) is 0 Å². The number of benzene rings is 5. The fraction of sp³-hybridized carbons (Fsp3) is 0. The van der Waals surface area contributed by atoms with Crippen molar-refractivity contribution in [3.05, 3.63) is 134 Å². The van der Waals surface area contributed by atoms with Crippen molar-refractivity contribution in [1.82, 2.24) is 9.55 Å². The molecule has 2 nitrogen and oxygen atoms in total. The van der Waals surface area contributed by atoms with Gasteiger partial charge in [0.05, 0.1) is 21.4 Å². The molecule has 0 unspecified atom stereocenters. The molecular formula is C35H22N2S. The Morgan fingerprint density at radius 1 is 0.500 bits per heavy atom. The van der Waals surface area contributed by atoms with E-state index >= 15 is 0 Å². The van der Waals surface area contributed by atoms with E-state index in [1.807, 2.05) is 29.8 Å². The van der Waals surface area contributed by atoms with Gasteiger partial charge in [0, 0.05) is 44.2 Å². The molecule has 0 aliphatic rings. The minimum Gasteiger partial charge on any atom is -0.308 e. The first-order valence-corrected chi connectivity index (χ1v) is 13.6. The lowest BCUT2D eigenvalue weighted by atomic mass is 10.0. The topological polar surface area (TPSA) is 17.8 Å². The second-order valence-electron chi connectivity index (χ2n) is 9.66. The summed E-state index contributed by atoms with van der Waals surface area (Å²) in [6.07, 6.45) is 3.76. The van der Waals surface area contributed by atoms with Gasteiger partial charge in [-0.1, -0.05) is 84.9 Å². The lowest BCUT2D eigenvalue weighted by molar-refractivity contribution is 1.20. The molecule has 0 saturated carbocycles. The van der Waals surface area contributed by atoms with E-state index in [2.05, 4.69) is 125 Å². The molecule has 3 heterocycles. The smallest absolute Gasteiger partial charge is 0.0640 e. The Bertz CT molecular complexity index is 2120. The summed E-state index contributed by atoms with van der Waals surface area (Å²) in [5.74, 6) is 0. The van der Waals surface area contributed by atoms with Crippen LogP contribution in [0, 0.1) is 0 Å². The molecule has 0 amide bonds. The van der Waals surface area contributed by atoms with E-state index in [1.54, 1.807) is 0 Å². The van der Waals surface area contributed by atoms with Crippen molar-refractivity contribution in [2.45, 2.75) is 0 Å². The second-order valence-corrected chi connectivity index (χ2v) is 10.7. The third-order valence-electron chi connectivity index (χ3n) is 7.49. The van der Waals surface area contributed by atoms with E-state index in [4.69, 9.17) is 0 Å². The van der Waals surface area contributed by atoms with Gasteiger partial charge in [-0.15, -0.1) is 11.3 Å². The standard InChI is InChI=1S/C35H22N2S/c1-2-8-23(9-3-1)25-15-17-27-30-20-24(26-10-7-19-36-22-26)16-18-31(30)37(33(27)21-25)32-13-6-12-29-28-11-4-5-14-34(28)38-35(29)32/h1-22H. The Balaban J connectivity index is 1.48. The first-order valence-electron chi connectivity index (χ1n) is 12.8. The summed E-state index contributed by atoms with van der Waals surface area (Å²) in [7, 11) is 0. The van der Waals surface area contributed by atoms with Crippen molar-refractivity contribution in [3.8, 4) is 27.9 Å². The van der Waals surface area contributed by atoms with Crippen molar-refractivity contribution in [3.63, 3.8) is 0 Å². The number of rotatable bonds is 3. The van der Waals surface area contributed by atoms with Crippen LogP contribution in [0.5, 0.6) is 0 Å². The van der Waals surface area contributed by atoms with Gasteiger partial charge in [0.1, 0.15) is 0 Å². The second kappa shape index (κ2) is 8.41. The van der Waals surface area contributed by atoms with Crippen LogP contribution in [0.15, 0.2) is 134 Å². The maximum absolute atomic E-state index is 4.35. The van der Waals surface area contributed by atoms with E-state index < -0.39 is 0 Å². The SMILES string of the molecule is c1ccc(-c2ccc3c4cc(-c5cccnc5)ccc4n(-c4cccc5c4sc4ccccc45)c3c2)cc1. The van der Waals surface area contributed by atoms with Gasteiger partial charge in [0.15, 0.2) is 0 Å². The summed E-state index contributed by atoms with van der Waals surface area (Å²) in [5, 5.41) is 5.13. The van der Waals surface area contributed by atoms with E-state index in [-0.39, 0.29) is 0 Å². The molecule has 0 aliphatic heterocycles. The number of aromatic nitrogens is 2. The highest BCUT2D eigenvalue weighted by atomic mass is 32.1. The molecule has 0 radical (unpaired) electrons. The molecule has 3 aromatic heterocycles. The van der Waals surface area contributed by atoms with Crippen molar-refractivity contribution < 1.29 is 0 Å². The number of hydrogen-bond donors (Lipinski definition) is 0. The number of fused-ring (bicyclic) bond motifs is 6. The minimum absolute atomic E-state index is 1.13. The van der Waals surface area contributed by atoms with E-state index in [0.717, 1.165) is 5.56 Å². The highest BCUT2D eigenvalue weighted by Crippen LogP contribution is 2.42. The summed E-state index contributed by atoms with van der Waals surface area (Å²) in [6, 6.07) is 43.9. The van der Waals surface area contributed by atoms with Gasteiger partial charge in [-0.3, -0.25) is 4.98 Å². The van der Waals surface area contributed by atoms with Crippen molar-refractivity contribution >= 4 is 53.3 Å². The molecule has 8 rings (SSSR count). The Morgan fingerprint density at radius 2 is 1.29 bits per heavy atom. The van der Waals surface area contributed by atoms with Crippen LogP contribution in [-0.4, -0.2) is 9.55 Å². The van der Waals surface area contributed by atoms with Gasteiger partial charge in [-0.2, -0.15) is 0 Å². The highest BCUT2D eigenvalue weighted by Gasteiger charge is 2.18. The summed E-state index contributed by atoms with van der Waals surface area (Å²) in [5.41, 5.74) is 8.40. The van der Waals surface area contributed by atoms with Crippen LogP contribution in [0.2, 0.25) is 0 Å². The summed E-state index contributed by atoms with van der Waals surface area (Å²) in [6.45, 7) is 0. The zero-order valence-corrected chi connectivity index (χ0v) is 21.3. The Hall–Kier alpha value is -4.73. The minimum atomic E-state index is 1.13. The third-order valence-corrected chi connectivity index (χ3v) is 8.70. The van der Waals surface area contributed by atoms with Crippen molar-refractivity contribution in [2.75, 3.05) is 0 Å². The third kappa shape index (κ3) is 3.22. The fourth-order valence-electron chi connectivity index (χ4n) is 5.71. The molecule has 0 bridgehead atoms. The maximum Gasteiger partial charge on any atom is 0.0640 e. The van der Waals surface area contributed by atoms with Gasteiger partial charge in [-0.25, -0.2) is 0 Å². The van der Waals surface area contributed by atoms with E-state index in [0.29, 0.717) is 0 Å². The first-order chi connectivity index (χ1) is 18.8. The predicted octanol–water partition coefficient (Wildman–Crippen LogP) is 9.88. The van der Waals surface area contributed by atoms with Crippen LogP contribution in [0.25, 0.3) is 69.9 Å². The highest BCUT2D eigenvalue weighted by molar-refractivity contribution is 7.26. The van der Waals surface area contributed by atoms with Crippen LogP contribution in [0.4, 0.5) is 0 Å². The molecule has 3 heteroatoms. The average Bonchev–Trinajstić information content (AvgIpc) is 3.53. The van der Waals surface area contributed by atoms with Gasteiger partial charge in [0.25, 0.3) is 0 Å². The number of thiophene rings is 1. The van der Waals surface area contributed by atoms with Crippen molar-refractivity contribution in [1.29, 1.82) is 0 Å². The number of nitrogens with zero attached hydrogens (tertiary/aromatic N) is 2. The lowest BCUT2D eigenvalue weighted by Gasteiger charge is -2.11. The zero-order chi connectivity index (χ0) is 25.1. The molecule has 0 spiro atoms. The predicted molar refractivity (Wildman–Crippen MR) is 162 cm³/mol. The molecule has 38 heavy (non-hydrogen) atoms. The van der Waals surface area contributed by atoms with Crippen LogP contribution < -0.4 is 0 Å². The molecule has 0 N–H and O–H groups in total. The molecule has 0 fully saturated rings. The molecular weight excluding hydrogens is 480 g/mol. The zero-order valence-electron chi connectivity index (χ0n) is 20.5. The largest absolute Gasteiger partial charge is 0.308 e. The van der Waals surface area contributed by atoms with E-state index in [1.165, 1.54) is 64.4 Å². The Morgan fingerprint density at radius 3 is 2.18 bits per heavy atom. The monoisotopic (exact) mass is 502 g/mol. The molecule has 0 atom stereocenters. The van der Waals surface area contributed by atoms with Crippen LogP contribution >= 0.6 is 11.3 Å². The number of hydrogen-bond acceptors (Lipinski definition) is 2. The summed E-state index contributed by atoms with van der Waals surface area (Å²) >= 11 is 1.88. The molecule has 5 aromatic carbocycles. The molecule has 0 saturated heterocycles. The average molecular weight is 503 g/mol. The first kappa shape index (κ1) is 21.4. The maximum atomic E-state index is 4.35. The lowest BCUT2D eigenvalue weighted by Crippen LogP contribution is -1.94. The molecule has 8 aromatic rings. The normalized spacial score (nSPS) is 11.7. The van der Waals surface area contributed by atoms with Gasteiger partial charge >= 0.3 is 0 Å². The fourth-order valence-corrected chi connectivity index (χ4v) is 6.92. The Kier molecular flexibility index (Phi) is 4.73.